The van der Waals surface area contributed by atoms with Crippen LogP contribution < -0.4 is 5.32 Å². The highest BCUT2D eigenvalue weighted by Gasteiger charge is 2.18. The second-order valence-corrected chi connectivity index (χ2v) is 4.39. The van der Waals surface area contributed by atoms with Crippen molar-refractivity contribution in [2.24, 2.45) is 4.99 Å². The summed E-state index contributed by atoms with van der Waals surface area (Å²) in [5.41, 5.74) is 2.20. The van der Waals surface area contributed by atoms with Crippen LogP contribution in [0.5, 0.6) is 0 Å². The Morgan fingerprint density at radius 2 is 2.26 bits per heavy atom. The molecule has 1 aromatic carbocycles. The number of aliphatic imine (C=N–C) groups is 1. The van der Waals surface area contributed by atoms with Gasteiger partial charge in [-0.3, -0.25) is 15.1 Å². The van der Waals surface area contributed by atoms with Gasteiger partial charge in [-0.05, 0) is 17.7 Å². The number of nitro groups is 1. The number of aromatic nitrogens is 1. The van der Waals surface area contributed by atoms with Gasteiger partial charge in [0.2, 0.25) is 0 Å². The molecular formula is C12H9ClN4O2. The minimum absolute atomic E-state index is 0.0555. The number of nitrogens with zero attached hydrogens (tertiary/aromatic N) is 2. The Kier molecular flexibility index (Phi) is 2.72. The predicted octanol–water partition coefficient (Wildman–Crippen LogP) is 2.61. The Balaban J connectivity index is 2.14. The van der Waals surface area contributed by atoms with Gasteiger partial charge in [-0.15, -0.1) is 0 Å². The van der Waals surface area contributed by atoms with Gasteiger partial charge in [0.1, 0.15) is 5.52 Å². The van der Waals surface area contributed by atoms with E-state index in [1.807, 2.05) is 12.1 Å². The number of rotatable bonds is 2. The molecule has 0 spiro atoms. The predicted molar refractivity (Wildman–Crippen MR) is 74.2 cm³/mol. The van der Waals surface area contributed by atoms with Crippen LogP contribution in [-0.2, 0) is 0 Å². The second kappa shape index (κ2) is 4.40. The topological polar surface area (TPSA) is 83.3 Å². The fourth-order valence-corrected chi connectivity index (χ4v) is 2.28. The van der Waals surface area contributed by atoms with E-state index in [0.717, 1.165) is 16.6 Å². The van der Waals surface area contributed by atoms with Crippen molar-refractivity contribution in [3.05, 3.63) is 46.1 Å². The van der Waals surface area contributed by atoms with Crippen LogP contribution in [0.15, 0.2) is 35.5 Å². The van der Waals surface area contributed by atoms with Crippen LogP contribution in [-0.4, -0.2) is 21.7 Å². The van der Waals surface area contributed by atoms with Gasteiger partial charge in [-0.2, -0.15) is 0 Å². The molecule has 96 valence electrons. The Bertz CT molecular complexity index is 732. The molecule has 0 atom stereocenters. The third-order valence-corrected chi connectivity index (χ3v) is 3.16. The monoisotopic (exact) mass is 276 g/mol. The summed E-state index contributed by atoms with van der Waals surface area (Å²) in [5, 5.41) is 15.0. The molecule has 0 unspecified atom stereocenters. The average Bonchev–Trinajstić information content (AvgIpc) is 2.82. The van der Waals surface area contributed by atoms with E-state index in [9.17, 15) is 10.1 Å². The lowest BCUT2D eigenvalue weighted by molar-refractivity contribution is -0.383. The van der Waals surface area contributed by atoms with Gasteiger partial charge in [-0.1, -0.05) is 12.1 Å². The van der Waals surface area contributed by atoms with Crippen molar-refractivity contribution in [1.29, 1.82) is 0 Å². The first-order valence-corrected chi connectivity index (χ1v) is 5.96. The number of fused-ring (bicyclic) bond motifs is 1. The van der Waals surface area contributed by atoms with Crippen molar-refractivity contribution in [3.63, 3.8) is 0 Å². The summed E-state index contributed by atoms with van der Waals surface area (Å²) in [6.45, 7) is 0.489. The van der Waals surface area contributed by atoms with Crippen molar-refractivity contribution < 1.29 is 4.92 Å². The van der Waals surface area contributed by atoms with E-state index < -0.39 is 4.92 Å². The number of nitrogens with one attached hydrogen (secondary N) is 2. The second-order valence-electron chi connectivity index (χ2n) is 4.03. The molecule has 0 amide bonds. The Labute approximate surface area is 112 Å². The van der Waals surface area contributed by atoms with Crippen LogP contribution in [0, 0.1) is 10.1 Å². The van der Waals surface area contributed by atoms with Crippen molar-refractivity contribution >= 4 is 39.2 Å². The number of non-ortho nitro benzene ring substituents is 1. The maximum absolute atomic E-state index is 11.0. The van der Waals surface area contributed by atoms with Crippen molar-refractivity contribution in [2.45, 2.75) is 0 Å². The van der Waals surface area contributed by atoms with Gasteiger partial charge in [-0.25, -0.2) is 0 Å². The summed E-state index contributed by atoms with van der Waals surface area (Å²) in [6.07, 6.45) is 3.61. The molecule has 0 saturated heterocycles. The first-order valence-electron chi connectivity index (χ1n) is 5.59. The van der Waals surface area contributed by atoms with E-state index in [2.05, 4.69) is 15.3 Å². The van der Waals surface area contributed by atoms with E-state index in [1.165, 1.54) is 6.07 Å². The lowest BCUT2D eigenvalue weighted by atomic mass is 10.1. The molecule has 0 saturated carbocycles. The zero-order chi connectivity index (χ0) is 13.4. The van der Waals surface area contributed by atoms with Gasteiger partial charge >= 0.3 is 0 Å². The molecule has 0 fully saturated rings. The molecule has 3 rings (SSSR count). The normalized spacial score (nSPS) is 14.8. The molecule has 1 aromatic heterocycles. The number of aromatic amines is 1. The summed E-state index contributed by atoms with van der Waals surface area (Å²) in [4.78, 5) is 17.5. The van der Waals surface area contributed by atoms with E-state index in [1.54, 1.807) is 12.3 Å². The third-order valence-electron chi connectivity index (χ3n) is 2.94. The van der Waals surface area contributed by atoms with E-state index in [0.29, 0.717) is 17.4 Å². The number of nitro benzene ring substituents is 1. The zero-order valence-corrected chi connectivity index (χ0v) is 10.4. The van der Waals surface area contributed by atoms with Crippen molar-refractivity contribution in [3.8, 4) is 0 Å². The first kappa shape index (κ1) is 11.7. The highest BCUT2D eigenvalue weighted by Crippen LogP contribution is 2.30. The Morgan fingerprint density at radius 1 is 1.42 bits per heavy atom. The lowest BCUT2D eigenvalue weighted by Crippen LogP contribution is -2.20. The number of amidine groups is 1. The maximum Gasteiger partial charge on any atom is 0.293 e. The van der Waals surface area contributed by atoms with Crippen LogP contribution in [0.25, 0.3) is 16.6 Å². The van der Waals surface area contributed by atoms with Crippen molar-refractivity contribution in [1.82, 2.24) is 10.3 Å². The standard InChI is InChI=1S/C12H9ClN4O2/c13-12-14-5-4-9(16-12)8-6-15-11-7(8)2-1-3-10(11)17(18)19/h1-4,6,15H,5H2,(H,14,16). The minimum Gasteiger partial charge on any atom is -0.355 e. The highest BCUT2D eigenvalue weighted by atomic mass is 35.5. The molecule has 2 heterocycles. The summed E-state index contributed by atoms with van der Waals surface area (Å²) in [6, 6.07) is 4.97. The van der Waals surface area contributed by atoms with Gasteiger partial charge in [0.25, 0.3) is 5.69 Å². The van der Waals surface area contributed by atoms with Crippen molar-refractivity contribution in [2.75, 3.05) is 6.54 Å². The Morgan fingerprint density at radius 3 is 3.00 bits per heavy atom. The molecule has 0 radical (unpaired) electrons. The smallest absolute Gasteiger partial charge is 0.293 e. The van der Waals surface area contributed by atoms with E-state index in [4.69, 9.17) is 11.6 Å². The van der Waals surface area contributed by atoms with Crippen LogP contribution in [0.2, 0.25) is 0 Å². The molecule has 6 nitrogen and oxygen atoms in total. The van der Waals surface area contributed by atoms with Gasteiger partial charge < -0.3 is 10.3 Å². The SMILES string of the molecule is O=[N+]([O-])c1cccc2c(C3=CCN=C(Cl)N3)c[nH]c12. The fraction of sp³-hybridized carbons (Fsp3) is 0.0833. The molecule has 1 aliphatic rings. The molecule has 1 aliphatic heterocycles. The molecule has 7 heteroatoms. The summed E-state index contributed by atoms with van der Waals surface area (Å²) < 4.78 is 0. The number of hydrogen-bond acceptors (Lipinski definition) is 4. The number of benzene rings is 1. The zero-order valence-electron chi connectivity index (χ0n) is 9.68. The highest BCUT2D eigenvalue weighted by molar-refractivity contribution is 6.65. The summed E-state index contributed by atoms with van der Waals surface area (Å²) in [5.74, 6) is 0. The maximum atomic E-state index is 11.0. The quantitative estimate of drug-likeness (QED) is 0.502. The number of H-pyrrole nitrogens is 1. The van der Waals surface area contributed by atoms with Crippen LogP contribution in [0.4, 0.5) is 5.69 Å². The molecule has 0 bridgehead atoms. The van der Waals surface area contributed by atoms with Crippen LogP contribution >= 0.6 is 11.6 Å². The minimum atomic E-state index is -0.403. The molecule has 2 aromatic rings. The number of halogens is 1. The lowest BCUT2D eigenvalue weighted by Gasteiger charge is -2.12. The first-order chi connectivity index (χ1) is 9.16. The summed E-state index contributed by atoms with van der Waals surface area (Å²) >= 11 is 5.84. The van der Waals surface area contributed by atoms with E-state index >= 15 is 0 Å². The number of hydrogen-bond donors (Lipinski definition) is 2. The fourth-order valence-electron chi connectivity index (χ4n) is 2.11. The van der Waals surface area contributed by atoms with Crippen LogP contribution in [0.1, 0.15) is 5.56 Å². The number of para-hydroxylation sites is 1. The molecule has 0 aliphatic carbocycles. The summed E-state index contributed by atoms with van der Waals surface area (Å²) in [7, 11) is 0. The van der Waals surface area contributed by atoms with Gasteiger partial charge in [0, 0.05) is 28.9 Å². The Hall–Kier alpha value is -2.34. The van der Waals surface area contributed by atoms with E-state index in [-0.39, 0.29) is 5.69 Å². The third kappa shape index (κ3) is 1.96. The van der Waals surface area contributed by atoms with Gasteiger partial charge in [0.15, 0.2) is 5.29 Å². The molecular weight excluding hydrogens is 268 g/mol. The van der Waals surface area contributed by atoms with Gasteiger partial charge in [0.05, 0.1) is 11.5 Å². The molecule has 2 N–H and O–H groups in total. The van der Waals surface area contributed by atoms with Crippen LogP contribution in [0.3, 0.4) is 0 Å². The molecule has 19 heavy (non-hydrogen) atoms. The average molecular weight is 277 g/mol. The largest absolute Gasteiger partial charge is 0.355 e.